The lowest BCUT2D eigenvalue weighted by atomic mass is 9.97. The van der Waals surface area contributed by atoms with Gasteiger partial charge in [0.25, 0.3) is 0 Å². The molecule has 1 aromatic carbocycles. The minimum absolute atomic E-state index is 0.00848. The number of ether oxygens (including phenoxy) is 2. The SMILES string of the molecule is O=C(Cc1cc(Cl)c2c(c1)OCCO2)NCCC1=CCCCC1. The fourth-order valence-corrected chi connectivity index (χ4v) is 3.30. The molecule has 0 saturated heterocycles. The Hall–Kier alpha value is -1.68. The largest absolute Gasteiger partial charge is 0.486 e. The van der Waals surface area contributed by atoms with Gasteiger partial charge >= 0.3 is 0 Å². The highest BCUT2D eigenvalue weighted by Crippen LogP contribution is 2.38. The van der Waals surface area contributed by atoms with Crippen LogP contribution in [0.2, 0.25) is 5.02 Å². The number of halogens is 1. The molecule has 2 aliphatic rings. The van der Waals surface area contributed by atoms with Crippen LogP contribution in [0.15, 0.2) is 23.8 Å². The number of hydrogen-bond acceptors (Lipinski definition) is 3. The minimum atomic E-state index is 0.00848. The highest BCUT2D eigenvalue weighted by atomic mass is 35.5. The lowest BCUT2D eigenvalue weighted by Gasteiger charge is -2.20. The molecule has 1 aromatic rings. The molecule has 0 atom stereocenters. The first-order chi connectivity index (χ1) is 11.2. The van der Waals surface area contributed by atoms with Crippen LogP contribution in [0, 0.1) is 0 Å². The second kappa shape index (κ2) is 7.73. The molecule has 1 amide bonds. The molecule has 1 N–H and O–H groups in total. The lowest BCUT2D eigenvalue weighted by Crippen LogP contribution is -2.26. The number of benzene rings is 1. The average Bonchev–Trinajstić information content (AvgIpc) is 2.56. The Morgan fingerprint density at radius 2 is 2.09 bits per heavy atom. The molecule has 3 rings (SSSR count). The second-order valence-electron chi connectivity index (χ2n) is 5.99. The summed E-state index contributed by atoms with van der Waals surface area (Å²) in [6, 6.07) is 3.61. The number of carbonyl (C=O) groups excluding carboxylic acids is 1. The summed E-state index contributed by atoms with van der Waals surface area (Å²) >= 11 is 6.19. The van der Waals surface area contributed by atoms with Crippen LogP contribution in [0.25, 0.3) is 0 Å². The molecule has 0 spiro atoms. The molecule has 23 heavy (non-hydrogen) atoms. The van der Waals surface area contributed by atoms with E-state index in [9.17, 15) is 4.79 Å². The van der Waals surface area contributed by atoms with E-state index in [1.54, 1.807) is 6.07 Å². The predicted octanol–water partition coefficient (Wildman–Crippen LogP) is 3.66. The summed E-state index contributed by atoms with van der Waals surface area (Å²) in [6.45, 7) is 1.71. The van der Waals surface area contributed by atoms with Crippen molar-refractivity contribution in [3.8, 4) is 11.5 Å². The standard InChI is InChI=1S/C18H22ClNO3/c19-15-10-14(11-16-18(15)23-9-8-22-16)12-17(21)20-7-6-13-4-2-1-3-5-13/h4,10-11H,1-3,5-9,12H2,(H,20,21). The maximum absolute atomic E-state index is 12.1. The number of amides is 1. The highest BCUT2D eigenvalue weighted by Gasteiger charge is 2.17. The number of rotatable bonds is 5. The van der Waals surface area contributed by atoms with Crippen molar-refractivity contribution in [3.05, 3.63) is 34.4 Å². The third-order valence-electron chi connectivity index (χ3n) is 4.17. The van der Waals surface area contributed by atoms with Crippen molar-refractivity contribution < 1.29 is 14.3 Å². The number of allylic oxidation sites excluding steroid dienone is 1. The quantitative estimate of drug-likeness (QED) is 0.835. The van der Waals surface area contributed by atoms with E-state index in [4.69, 9.17) is 21.1 Å². The van der Waals surface area contributed by atoms with Gasteiger partial charge in [-0.15, -0.1) is 0 Å². The molecule has 0 saturated carbocycles. The summed E-state index contributed by atoms with van der Waals surface area (Å²) in [5, 5.41) is 3.48. The zero-order chi connectivity index (χ0) is 16.1. The lowest BCUT2D eigenvalue weighted by molar-refractivity contribution is -0.120. The van der Waals surface area contributed by atoms with Crippen molar-refractivity contribution in [2.24, 2.45) is 0 Å². The van der Waals surface area contributed by atoms with Gasteiger partial charge in [0.15, 0.2) is 11.5 Å². The third-order valence-corrected chi connectivity index (χ3v) is 4.46. The van der Waals surface area contributed by atoms with Gasteiger partial charge in [0, 0.05) is 6.54 Å². The Labute approximate surface area is 141 Å². The summed E-state index contributed by atoms with van der Waals surface area (Å²) in [4.78, 5) is 12.1. The molecule has 5 heteroatoms. The van der Waals surface area contributed by atoms with Crippen LogP contribution in [0.3, 0.4) is 0 Å². The van der Waals surface area contributed by atoms with Gasteiger partial charge in [0.1, 0.15) is 13.2 Å². The maximum atomic E-state index is 12.1. The number of fused-ring (bicyclic) bond motifs is 1. The molecular formula is C18H22ClNO3. The molecule has 1 aliphatic heterocycles. The Balaban J connectivity index is 1.51. The number of nitrogens with one attached hydrogen (secondary N) is 1. The van der Waals surface area contributed by atoms with E-state index in [0.29, 0.717) is 42.7 Å². The van der Waals surface area contributed by atoms with Crippen molar-refractivity contribution in [3.63, 3.8) is 0 Å². The third kappa shape index (κ3) is 4.41. The van der Waals surface area contributed by atoms with Crippen LogP contribution in [0.5, 0.6) is 11.5 Å². The van der Waals surface area contributed by atoms with Gasteiger partial charge in [-0.1, -0.05) is 23.3 Å². The van der Waals surface area contributed by atoms with Gasteiger partial charge in [-0.05, 0) is 49.8 Å². The van der Waals surface area contributed by atoms with E-state index in [2.05, 4.69) is 11.4 Å². The van der Waals surface area contributed by atoms with E-state index in [0.717, 1.165) is 12.0 Å². The van der Waals surface area contributed by atoms with Gasteiger partial charge < -0.3 is 14.8 Å². The summed E-state index contributed by atoms with van der Waals surface area (Å²) in [5.74, 6) is 1.21. The first-order valence-electron chi connectivity index (χ1n) is 8.25. The first kappa shape index (κ1) is 16.2. The summed E-state index contributed by atoms with van der Waals surface area (Å²) in [6.07, 6.45) is 8.49. The van der Waals surface area contributed by atoms with Crippen molar-refractivity contribution in [1.29, 1.82) is 0 Å². The van der Waals surface area contributed by atoms with Gasteiger partial charge in [0.2, 0.25) is 5.91 Å². The van der Waals surface area contributed by atoms with Crippen LogP contribution < -0.4 is 14.8 Å². The van der Waals surface area contributed by atoms with Crippen LogP contribution in [-0.2, 0) is 11.2 Å². The summed E-state index contributed by atoms with van der Waals surface area (Å²) in [7, 11) is 0. The topological polar surface area (TPSA) is 47.6 Å². The van der Waals surface area contributed by atoms with Crippen LogP contribution in [-0.4, -0.2) is 25.7 Å². The minimum Gasteiger partial charge on any atom is -0.486 e. The van der Waals surface area contributed by atoms with E-state index in [1.807, 2.05) is 6.07 Å². The molecule has 1 heterocycles. The Kier molecular flexibility index (Phi) is 5.44. The molecule has 0 aromatic heterocycles. The summed E-state index contributed by atoms with van der Waals surface area (Å²) < 4.78 is 11.0. The van der Waals surface area contributed by atoms with E-state index < -0.39 is 0 Å². The van der Waals surface area contributed by atoms with Crippen LogP contribution >= 0.6 is 11.6 Å². The van der Waals surface area contributed by atoms with E-state index in [1.165, 1.54) is 31.3 Å². The second-order valence-corrected chi connectivity index (χ2v) is 6.39. The fraction of sp³-hybridized carbons (Fsp3) is 0.500. The first-order valence-corrected chi connectivity index (χ1v) is 8.63. The molecule has 4 nitrogen and oxygen atoms in total. The van der Waals surface area contributed by atoms with E-state index >= 15 is 0 Å². The monoisotopic (exact) mass is 335 g/mol. The van der Waals surface area contributed by atoms with Crippen LogP contribution in [0.1, 0.15) is 37.7 Å². The predicted molar refractivity (Wildman–Crippen MR) is 90.3 cm³/mol. The molecule has 0 radical (unpaired) electrons. The van der Waals surface area contributed by atoms with Gasteiger partial charge in [-0.3, -0.25) is 4.79 Å². The molecule has 0 unspecified atom stereocenters. The van der Waals surface area contributed by atoms with Crippen LogP contribution in [0.4, 0.5) is 0 Å². The number of carbonyl (C=O) groups is 1. The Morgan fingerprint density at radius 3 is 2.91 bits per heavy atom. The normalized spacial score (nSPS) is 16.7. The van der Waals surface area contributed by atoms with Gasteiger partial charge in [-0.25, -0.2) is 0 Å². The molecule has 124 valence electrons. The van der Waals surface area contributed by atoms with E-state index in [-0.39, 0.29) is 5.91 Å². The molecular weight excluding hydrogens is 314 g/mol. The zero-order valence-electron chi connectivity index (χ0n) is 13.2. The van der Waals surface area contributed by atoms with Crippen molar-refractivity contribution >= 4 is 17.5 Å². The van der Waals surface area contributed by atoms with Crippen molar-refractivity contribution in [2.45, 2.75) is 38.5 Å². The van der Waals surface area contributed by atoms with Gasteiger partial charge in [-0.2, -0.15) is 0 Å². The molecule has 0 fully saturated rings. The molecule has 1 aliphatic carbocycles. The summed E-state index contributed by atoms with van der Waals surface area (Å²) in [5.41, 5.74) is 2.31. The molecule has 0 bridgehead atoms. The van der Waals surface area contributed by atoms with Crippen molar-refractivity contribution in [1.82, 2.24) is 5.32 Å². The van der Waals surface area contributed by atoms with Gasteiger partial charge in [0.05, 0.1) is 11.4 Å². The zero-order valence-corrected chi connectivity index (χ0v) is 14.0. The smallest absolute Gasteiger partial charge is 0.224 e. The Bertz CT molecular complexity index is 613. The average molecular weight is 336 g/mol. The maximum Gasteiger partial charge on any atom is 0.224 e. The Morgan fingerprint density at radius 1 is 1.22 bits per heavy atom. The van der Waals surface area contributed by atoms with Crippen molar-refractivity contribution in [2.75, 3.05) is 19.8 Å². The highest BCUT2D eigenvalue weighted by molar-refractivity contribution is 6.32. The fourth-order valence-electron chi connectivity index (χ4n) is 3.01. The number of hydrogen-bond donors (Lipinski definition) is 1.